The number of carbonyl (C=O) groups excluding carboxylic acids is 1. The Morgan fingerprint density at radius 2 is 1.68 bits per heavy atom. The van der Waals surface area contributed by atoms with Crippen LogP contribution in [0.15, 0.2) is 24.3 Å². The van der Waals surface area contributed by atoms with Gasteiger partial charge in [0.05, 0.1) is 0 Å². The number of carboxylic acids is 1. The van der Waals surface area contributed by atoms with Gasteiger partial charge >= 0.3 is 12.1 Å². The van der Waals surface area contributed by atoms with E-state index in [1.807, 2.05) is 0 Å². The lowest BCUT2D eigenvalue weighted by molar-refractivity contribution is -0.153. The number of carboxylic acid groups (broad SMARTS) is 1. The number of benzene rings is 1. The minimum Gasteiger partial charge on any atom is -0.484 e. The summed E-state index contributed by atoms with van der Waals surface area (Å²) in [4.78, 5) is 21.9. The first-order valence-corrected chi connectivity index (χ1v) is 6.57. The van der Waals surface area contributed by atoms with Gasteiger partial charge in [0.2, 0.25) is 5.91 Å². The Morgan fingerprint density at radius 1 is 1.09 bits per heavy atom. The van der Waals surface area contributed by atoms with Crippen LogP contribution < -0.4 is 10.1 Å². The van der Waals surface area contributed by atoms with Gasteiger partial charge in [-0.25, -0.2) is 0 Å². The first-order chi connectivity index (χ1) is 10.3. The van der Waals surface area contributed by atoms with Crippen molar-refractivity contribution in [3.63, 3.8) is 0 Å². The molecule has 122 valence electrons. The number of halogens is 3. The van der Waals surface area contributed by atoms with Crippen LogP contribution in [-0.2, 0) is 9.59 Å². The number of amides is 1. The number of nitrogens with one attached hydrogen (secondary N) is 1. The predicted molar refractivity (Wildman–Crippen MR) is 72.7 cm³/mol. The number of alkyl halides is 3. The highest BCUT2D eigenvalue weighted by Crippen LogP contribution is 2.20. The fraction of sp³-hybridized carbons (Fsp3) is 0.429. The zero-order valence-corrected chi connectivity index (χ0v) is 11.7. The monoisotopic (exact) mass is 319 g/mol. The summed E-state index contributed by atoms with van der Waals surface area (Å²) in [5, 5.41) is 11.0. The molecule has 1 aromatic rings. The molecule has 2 N–H and O–H groups in total. The van der Waals surface area contributed by atoms with Gasteiger partial charge in [0.15, 0.2) is 6.61 Å². The van der Waals surface area contributed by atoms with Crippen molar-refractivity contribution in [2.75, 3.05) is 11.9 Å². The first kappa shape index (κ1) is 17.8. The molecule has 0 saturated carbocycles. The highest BCUT2D eigenvalue weighted by molar-refractivity contribution is 5.90. The van der Waals surface area contributed by atoms with Crippen LogP contribution in [0, 0.1) is 0 Å². The lowest BCUT2D eigenvalue weighted by atomic mass is 10.2. The van der Waals surface area contributed by atoms with E-state index >= 15 is 0 Å². The highest BCUT2D eigenvalue weighted by atomic mass is 19.4. The third-order valence-electron chi connectivity index (χ3n) is 2.59. The van der Waals surface area contributed by atoms with E-state index in [1.165, 1.54) is 24.3 Å². The molecular formula is C14H16F3NO4. The van der Waals surface area contributed by atoms with Crippen LogP contribution >= 0.6 is 0 Å². The number of carbonyl (C=O) groups is 2. The molecule has 0 aliphatic heterocycles. The fourth-order valence-corrected chi connectivity index (χ4v) is 1.58. The van der Waals surface area contributed by atoms with E-state index < -0.39 is 18.8 Å². The van der Waals surface area contributed by atoms with Crippen LogP contribution in [0.5, 0.6) is 5.75 Å². The van der Waals surface area contributed by atoms with Gasteiger partial charge in [-0.15, -0.1) is 0 Å². The number of aliphatic carboxylic acids is 1. The van der Waals surface area contributed by atoms with Gasteiger partial charge in [-0.1, -0.05) is 0 Å². The molecule has 0 fully saturated rings. The van der Waals surface area contributed by atoms with Crippen molar-refractivity contribution in [3.05, 3.63) is 24.3 Å². The Labute approximate surface area is 125 Å². The molecule has 0 radical (unpaired) electrons. The summed E-state index contributed by atoms with van der Waals surface area (Å²) in [7, 11) is 0. The van der Waals surface area contributed by atoms with Crippen LogP contribution in [-0.4, -0.2) is 29.8 Å². The lowest BCUT2D eigenvalue weighted by Gasteiger charge is -2.10. The smallest absolute Gasteiger partial charge is 0.422 e. The van der Waals surface area contributed by atoms with Gasteiger partial charge < -0.3 is 15.2 Å². The number of rotatable bonds is 8. The van der Waals surface area contributed by atoms with E-state index in [4.69, 9.17) is 5.11 Å². The normalized spacial score (nSPS) is 11.0. The number of ether oxygens (including phenoxy) is 1. The van der Waals surface area contributed by atoms with Crippen LogP contribution in [0.1, 0.15) is 25.7 Å². The molecule has 0 aliphatic carbocycles. The maximum atomic E-state index is 12.0. The third kappa shape index (κ3) is 8.13. The van der Waals surface area contributed by atoms with Crippen LogP contribution in [0.2, 0.25) is 0 Å². The molecule has 0 unspecified atom stereocenters. The van der Waals surface area contributed by atoms with Crippen LogP contribution in [0.4, 0.5) is 18.9 Å². The second-order valence-electron chi connectivity index (χ2n) is 4.58. The predicted octanol–water partition coefficient (Wildman–Crippen LogP) is 3.21. The maximum absolute atomic E-state index is 12.0. The van der Waals surface area contributed by atoms with Gasteiger partial charge in [-0.3, -0.25) is 9.59 Å². The largest absolute Gasteiger partial charge is 0.484 e. The maximum Gasteiger partial charge on any atom is 0.422 e. The summed E-state index contributed by atoms with van der Waals surface area (Å²) >= 11 is 0. The fourth-order valence-electron chi connectivity index (χ4n) is 1.58. The summed E-state index contributed by atoms with van der Waals surface area (Å²) < 4.78 is 40.5. The van der Waals surface area contributed by atoms with E-state index in [1.54, 1.807) is 0 Å². The van der Waals surface area contributed by atoms with Gasteiger partial charge in [0.1, 0.15) is 5.75 Å². The lowest BCUT2D eigenvalue weighted by Crippen LogP contribution is -2.19. The average Bonchev–Trinajstić information content (AvgIpc) is 2.42. The Morgan fingerprint density at radius 3 is 2.23 bits per heavy atom. The standard InChI is InChI=1S/C14H16F3NO4/c15-14(16,17)9-22-11-7-5-10(6-8-11)18-12(19)3-1-2-4-13(20)21/h5-8H,1-4,9H2,(H,18,19)(H,20,21). The number of anilines is 1. The van der Waals surface area contributed by atoms with E-state index in [0.29, 0.717) is 18.5 Å². The zero-order valence-electron chi connectivity index (χ0n) is 11.7. The van der Waals surface area contributed by atoms with Crippen molar-refractivity contribution in [3.8, 4) is 5.75 Å². The summed E-state index contributed by atoms with van der Waals surface area (Å²) in [6.45, 7) is -1.37. The van der Waals surface area contributed by atoms with Gasteiger partial charge in [-0.05, 0) is 37.1 Å². The minimum absolute atomic E-state index is 0.0124. The van der Waals surface area contributed by atoms with Gasteiger partial charge in [0.25, 0.3) is 0 Å². The minimum atomic E-state index is -4.40. The molecule has 0 bridgehead atoms. The van der Waals surface area contributed by atoms with Crippen molar-refractivity contribution >= 4 is 17.6 Å². The molecule has 1 amide bonds. The van der Waals surface area contributed by atoms with E-state index in [0.717, 1.165) is 0 Å². The molecular weight excluding hydrogens is 303 g/mol. The molecule has 0 aromatic heterocycles. The Kier molecular flexibility index (Phi) is 6.68. The van der Waals surface area contributed by atoms with E-state index in [2.05, 4.69) is 10.1 Å². The van der Waals surface area contributed by atoms with Crippen molar-refractivity contribution < 1.29 is 32.6 Å². The summed E-state index contributed by atoms with van der Waals surface area (Å²) in [5.74, 6) is -1.14. The quantitative estimate of drug-likeness (QED) is 0.721. The molecule has 0 saturated heterocycles. The topological polar surface area (TPSA) is 75.6 Å². The molecule has 1 aromatic carbocycles. The van der Waals surface area contributed by atoms with Gasteiger partial charge in [0, 0.05) is 18.5 Å². The molecule has 22 heavy (non-hydrogen) atoms. The van der Waals surface area contributed by atoms with Crippen molar-refractivity contribution in [2.24, 2.45) is 0 Å². The highest BCUT2D eigenvalue weighted by Gasteiger charge is 2.28. The molecule has 1 rings (SSSR count). The molecule has 0 aliphatic rings. The summed E-state index contributed by atoms with van der Waals surface area (Å²) in [6, 6.07) is 5.51. The molecule has 5 nitrogen and oxygen atoms in total. The number of hydrogen-bond acceptors (Lipinski definition) is 3. The number of unbranched alkanes of at least 4 members (excludes halogenated alkanes) is 1. The van der Waals surface area contributed by atoms with Crippen molar-refractivity contribution in [1.82, 2.24) is 0 Å². The van der Waals surface area contributed by atoms with Gasteiger partial charge in [-0.2, -0.15) is 13.2 Å². The number of hydrogen-bond donors (Lipinski definition) is 2. The Bertz CT molecular complexity index is 500. The van der Waals surface area contributed by atoms with Crippen molar-refractivity contribution in [2.45, 2.75) is 31.9 Å². The second kappa shape index (κ2) is 8.26. The van der Waals surface area contributed by atoms with Crippen LogP contribution in [0.25, 0.3) is 0 Å². The summed E-state index contributed by atoms with van der Waals surface area (Å²) in [6.07, 6.45) is -3.35. The van der Waals surface area contributed by atoms with Crippen molar-refractivity contribution in [1.29, 1.82) is 0 Å². The molecule has 0 spiro atoms. The molecule has 0 atom stereocenters. The Balaban J connectivity index is 2.34. The third-order valence-corrected chi connectivity index (χ3v) is 2.59. The second-order valence-corrected chi connectivity index (χ2v) is 4.58. The summed E-state index contributed by atoms with van der Waals surface area (Å²) in [5.41, 5.74) is 0.433. The Hall–Kier alpha value is -2.25. The zero-order chi connectivity index (χ0) is 16.6. The van der Waals surface area contributed by atoms with E-state index in [-0.39, 0.29) is 24.5 Å². The molecule has 8 heteroatoms. The van der Waals surface area contributed by atoms with E-state index in [9.17, 15) is 22.8 Å². The molecule has 0 heterocycles. The average molecular weight is 319 g/mol. The SMILES string of the molecule is O=C(O)CCCCC(=O)Nc1ccc(OCC(F)(F)F)cc1. The first-order valence-electron chi connectivity index (χ1n) is 6.57. The van der Waals surface area contributed by atoms with Crippen LogP contribution in [0.3, 0.4) is 0 Å².